The summed E-state index contributed by atoms with van der Waals surface area (Å²) in [6.45, 7) is 3.89. The summed E-state index contributed by atoms with van der Waals surface area (Å²) >= 11 is 3.17. The van der Waals surface area contributed by atoms with E-state index in [0.29, 0.717) is 0 Å². The smallest absolute Gasteiger partial charge is 0.462 e. The molecule has 0 saturated heterocycles. The van der Waals surface area contributed by atoms with Crippen molar-refractivity contribution in [1.82, 2.24) is 0 Å². The van der Waals surface area contributed by atoms with Gasteiger partial charge in [-0.3, -0.25) is 4.79 Å². The van der Waals surface area contributed by atoms with E-state index >= 15 is 0 Å². The number of hydrogen-bond acceptors (Lipinski definition) is 7. The van der Waals surface area contributed by atoms with Crippen molar-refractivity contribution in [2.45, 2.75) is 18.2 Å². The molecule has 0 unspecified atom stereocenters. The maximum Gasteiger partial charge on any atom is 0.662 e. The number of hydrogen-bond donors (Lipinski definition) is 2. The summed E-state index contributed by atoms with van der Waals surface area (Å²) < 4.78 is 18.4. The van der Waals surface area contributed by atoms with Crippen LogP contribution in [0.15, 0.2) is 0 Å². The normalized spacial score (nSPS) is 12.7. The number of ether oxygens (including phenoxy) is 2. The van der Waals surface area contributed by atoms with E-state index in [-0.39, 0.29) is 42.9 Å². The molecule has 0 radical (unpaired) electrons. The lowest BCUT2D eigenvalue weighted by Gasteiger charge is -2.16. The van der Waals surface area contributed by atoms with Gasteiger partial charge in [0.1, 0.15) is 21.4 Å². The molecule has 0 aliphatic rings. The molecule has 0 heterocycles. The molecule has 0 rings (SSSR count). The van der Waals surface area contributed by atoms with E-state index in [2.05, 4.69) is 24.5 Å². The molecule has 0 bridgehead atoms. The number of carbonyl (C=O) groups excluding carboxylic acids is 1. The summed E-state index contributed by atoms with van der Waals surface area (Å²) in [6, 6.07) is 0. The summed E-state index contributed by atoms with van der Waals surface area (Å²) in [5, 5.41) is 0. The average Bonchev–Trinajstić information content (AvgIpc) is 2.26. The van der Waals surface area contributed by atoms with Crippen LogP contribution in [-0.4, -0.2) is 65.8 Å². The minimum absolute atomic E-state index is 0.0132. The second-order valence-corrected chi connectivity index (χ2v) is 8.82. The maximum absolute atomic E-state index is 11.3. The monoisotopic (exact) mass is 362 g/mol. The molecule has 0 amide bonds. The summed E-state index contributed by atoms with van der Waals surface area (Å²) in [4.78, 5) is 29.4. The van der Waals surface area contributed by atoms with Crippen LogP contribution in [0.5, 0.6) is 0 Å². The van der Waals surface area contributed by atoms with Crippen molar-refractivity contribution in [2.24, 2.45) is 0 Å². The van der Waals surface area contributed by atoms with E-state index in [4.69, 9.17) is 19.1 Å². The minimum Gasteiger partial charge on any atom is -0.462 e. The average molecular weight is 363 g/mol. The molecular weight excluding hydrogens is 344 g/mol. The topological polar surface area (TPSA) is 94.5 Å². The maximum atomic E-state index is 11.3. The van der Waals surface area contributed by atoms with Gasteiger partial charge in [-0.05, 0) is 13.8 Å². The van der Waals surface area contributed by atoms with Crippen molar-refractivity contribution in [3.05, 3.63) is 0 Å². The standard InChI is InChI=1S/C8H19BrO7Si2/c1-8(2,9)7(10)14-5-3-13-4-6-15-18(11,12)16-17/h11-12H,3-6H2,1-2,17H3. The van der Waals surface area contributed by atoms with Crippen LogP contribution in [0.4, 0.5) is 0 Å². The van der Waals surface area contributed by atoms with Crippen LogP contribution in [0.25, 0.3) is 0 Å². The summed E-state index contributed by atoms with van der Waals surface area (Å²) in [6.07, 6.45) is 0. The van der Waals surface area contributed by atoms with E-state index in [1.807, 2.05) is 0 Å². The lowest BCUT2D eigenvalue weighted by Crippen LogP contribution is -2.43. The zero-order chi connectivity index (χ0) is 14.2. The Labute approximate surface area is 119 Å². The van der Waals surface area contributed by atoms with Gasteiger partial charge in [0.2, 0.25) is 0 Å². The first-order valence-corrected chi connectivity index (χ1v) is 8.59. The molecule has 0 fully saturated rings. The van der Waals surface area contributed by atoms with E-state index in [9.17, 15) is 4.79 Å². The second kappa shape index (κ2) is 8.37. The highest BCUT2D eigenvalue weighted by molar-refractivity contribution is 9.10. The number of rotatable bonds is 9. The molecule has 2 N–H and O–H groups in total. The van der Waals surface area contributed by atoms with Crippen molar-refractivity contribution in [1.29, 1.82) is 0 Å². The fourth-order valence-electron chi connectivity index (χ4n) is 0.759. The van der Waals surface area contributed by atoms with E-state index in [0.717, 1.165) is 0 Å². The van der Waals surface area contributed by atoms with Crippen LogP contribution in [0.3, 0.4) is 0 Å². The fourth-order valence-corrected chi connectivity index (χ4v) is 1.69. The Kier molecular flexibility index (Phi) is 8.46. The summed E-state index contributed by atoms with van der Waals surface area (Å²) in [7, 11) is -3.70. The molecule has 10 heteroatoms. The molecule has 18 heavy (non-hydrogen) atoms. The second-order valence-electron chi connectivity index (χ2n) is 3.82. The van der Waals surface area contributed by atoms with Gasteiger partial charge in [0, 0.05) is 0 Å². The first kappa shape index (κ1) is 18.2. The van der Waals surface area contributed by atoms with Crippen LogP contribution >= 0.6 is 15.9 Å². The highest BCUT2D eigenvalue weighted by Crippen LogP contribution is 2.17. The van der Waals surface area contributed by atoms with Gasteiger partial charge < -0.3 is 27.6 Å². The SMILES string of the molecule is CC(C)(Br)C(=O)OCCOCCO[Si](O)(O)O[SiH3]. The lowest BCUT2D eigenvalue weighted by molar-refractivity contribution is -0.147. The number of esters is 1. The molecule has 0 aromatic carbocycles. The quantitative estimate of drug-likeness (QED) is 0.222. The Bertz CT molecular complexity index is 256. The van der Waals surface area contributed by atoms with E-state index < -0.39 is 13.4 Å². The fraction of sp³-hybridized carbons (Fsp3) is 0.875. The van der Waals surface area contributed by atoms with Crippen LogP contribution in [-0.2, 0) is 22.8 Å². The molecule has 108 valence electrons. The van der Waals surface area contributed by atoms with Crippen molar-refractivity contribution in [3.63, 3.8) is 0 Å². The van der Waals surface area contributed by atoms with Gasteiger partial charge in [-0.15, -0.1) is 0 Å². The minimum atomic E-state index is -3.90. The summed E-state index contributed by atoms with van der Waals surface area (Å²) in [5.41, 5.74) is 0. The van der Waals surface area contributed by atoms with E-state index in [1.54, 1.807) is 13.8 Å². The van der Waals surface area contributed by atoms with Crippen LogP contribution in [0, 0.1) is 0 Å². The number of halogens is 1. The van der Waals surface area contributed by atoms with Crippen molar-refractivity contribution in [2.75, 3.05) is 26.4 Å². The molecule has 7 nitrogen and oxygen atoms in total. The molecule has 0 aliphatic carbocycles. The van der Waals surface area contributed by atoms with Crippen molar-refractivity contribution >= 4 is 41.4 Å². The summed E-state index contributed by atoms with van der Waals surface area (Å²) in [5.74, 6) is -0.371. The Hall–Kier alpha value is 0.184. The van der Waals surface area contributed by atoms with Crippen LogP contribution < -0.4 is 0 Å². The third-order valence-corrected chi connectivity index (χ3v) is 4.76. The molecule has 0 aliphatic heterocycles. The highest BCUT2D eigenvalue weighted by Gasteiger charge is 2.33. The molecule has 0 spiro atoms. The number of alkyl halides is 1. The van der Waals surface area contributed by atoms with Gasteiger partial charge in [-0.2, -0.15) is 0 Å². The predicted molar refractivity (Wildman–Crippen MR) is 72.0 cm³/mol. The Morgan fingerprint density at radius 1 is 1.28 bits per heavy atom. The van der Waals surface area contributed by atoms with Crippen LogP contribution in [0.2, 0.25) is 0 Å². The molecule has 0 atom stereocenters. The van der Waals surface area contributed by atoms with Gasteiger partial charge in [-0.25, -0.2) is 0 Å². The Morgan fingerprint density at radius 3 is 2.33 bits per heavy atom. The van der Waals surface area contributed by atoms with Gasteiger partial charge >= 0.3 is 15.0 Å². The third-order valence-electron chi connectivity index (χ3n) is 1.73. The highest BCUT2D eigenvalue weighted by atomic mass is 79.9. The zero-order valence-corrected chi connectivity index (χ0v) is 15.2. The predicted octanol–water partition coefficient (Wildman–Crippen LogP) is -1.55. The molecule has 0 saturated carbocycles. The first-order chi connectivity index (χ1) is 8.19. The van der Waals surface area contributed by atoms with E-state index in [1.165, 1.54) is 0 Å². The van der Waals surface area contributed by atoms with Crippen molar-refractivity contribution < 1.29 is 32.4 Å². The van der Waals surface area contributed by atoms with Gasteiger partial charge in [0.25, 0.3) is 0 Å². The molecular formula is C8H19BrO7Si2. The van der Waals surface area contributed by atoms with Gasteiger partial charge in [0.15, 0.2) is 0 Å². The Balaban J connectivity index is 3.45. The molecule has 0 aromatic rings. The van der Waals surface area contributed by atoms with Gasteiger partial charge in [-0.1, -0.05) is 15.9 Å². The third kappa shape index (κ3) is 9.16. The lowest BCUT2D eigenvalue weighted by atomic mass is 10.2. The van der Waals surface area contributed by atoms with Gasteiger partial charge in [0.05, 0.1) is 19.8 Å². The largest absolute Gasteiger partial charge is 0.662 e. The zero-order valence-electron chi connectivity index (χ0n) is 10.6. The van der Waals surface area contributed by atoms with Crippen LogP contribution in [0.1, 0.15) is 13.8 Å². The van der Waals surface area contributed by atoms with Crippen molar-refractivity contribution in [3.8, 4) is 0 Å². The number of carbonyl (C=O) groups is 1. The molecule has 0 aromatic heterocycles. The Morgan fingerprint density at radius 2 is 1.83 bits per heavy atom. The first-order valence-electron chi connectivity index (χ1n) is 5.27.